The summed E-state index contributed by atoms with van der Waals surface area (Å²) in [5.74, 6) is -0.127. The first kappa shape index (κ1) is 12.6. The fourth-order valence-electron chi connectivity index (χ4n) is 3.23. The van der Waals surface area contributed by atoms with Crippen LogP contribution in [0, 0.1) is 17.3 Å². The zero-order chi connectivity index (χ0) is 12.7. The van der Waals surface area contributed by atoms with Crippen molar-refractivity contribution < 1.29 is 14.3 Å². The quantitative estimate of drug-likeness (QED) is 0.401. The van der Waals surface area contributed by atoms with Crippen LogP contribution in [0.15, 0.2) is 0 Å². The van der Waals surface area contributed by atoms with Gasteiger partial charge in [-0.1, -0.05) is 20.8 Å². The van der Waals surface area contributed by atoms with Gasteiger partial charge in [0, 0.05) is 6.42 Å². The van der Waals surface area contributed by atoms with Gasteiger partial charge < -0.3 is 9.53 Å². The smallest absolute Gasteiger partial charge is 0.316 e. The van der Waals surface area contributed by atoms with E-state index in [1.807, 2.05) is 0 Å². The molecule has 0 aromatic carbocycles. The van der Waals surface area contributed by atoms with Crippen molar-refractivity contribution in [1.82, 2.24) is 0 Å². The van der Waals surface area contributed by atoms with E-state index in [1.165, 1.54) is 0 Å². The molecule has 1 spiro atoms. The monoisotopic (exact) mass is 238 g/mol. The predicted molar refractivity (Wildman–Crippen MR) is 64.4 cm³/mol. The predicted octanol–water partition coefficient (Wildman–Crippen LogP) is 2.72. The van der Waals surface area contributed by atoms with Gasteiger partial charge >= 0.3 is 5.97 Å². The average Bonchev–Trinajstić information content (AvgIpc) is 2.54. The number of carbonyl (C=O) groups excluding carboxylic acids is 2. The molecule has 1 aliphatic carbocycles. The van der Waals surface area contributed by atoms with Crippen molar-refractivity contribution in [2.24, 2.45) is 17.3 Å². The minimum Gasteiger partial charge on any atom is -0.458 e. The van der Waals surface area contributed by atoms with Crippen molar-refractivity contribution in [2.75, 3.05) is 0 Å². The molecule has 0 aromatic rings. The highest BCUT2D eigenvalue weighted by Gasteiger charge is 2.49. The van der Waals surface area contributed by atoms with E-state index in [1.54, 1.807) is 0 Å². The van der Waals surface area contributed by atoms with Gasteiger partial charge in [-0.3, -0.25) is 4.79 Å². The van der Waals surface area contributed by atoms with Crippen molar-refractivity contribution in [3.63, 3.8) is 0 Å². The lowest BCUT2D eigenvalue weighted by Gasteiger charge is -2.41. The van der Waals surface area contributed by atoms with Crippen molar-refractivity contribution in [3.05, 3.63) is 0 Å². The zero-order valence-electron chi connectivity index (χ0n) is 11.0. The third-order valence-electron chi connectivity index (χ3n) is 4.50. The largest absolute Gasteiger partial charge is 0.458 e. The molecule has 1 unspecified atom stereocenters. The Balaban J connectivity index is 2.00. The van der Waals surface area contributed by atoms with Gasteiger partial charge in [-0.2, -0.15) is 0 Å². The summed E-state index contributed by atoms with van der Waals surface area (Å²) in [6.45, 7) is 6.81. The van der Waals surface area contributed by atoms with Gasteiger partial charge in [0.25, 0.3) is 0 Å². The fraction of sp³-hybridized carbons (Fsp3) is 0.857. The summed E-state index contributed by atoms with van der Waals surface area (Å²) in [7, 11) is 0. The van der Waals surface area contributed by atoms with Crippen LogP contribution >= 0.6 is 0 Å². The van der Waals surface area contributed by atoms with Gasteiger partial charge in [0.2, 0.25) is 0 Å². The third kappa shape index (κ3) is 2.38. The minimum atomic E-state index is -0.513. The summed E-state index contributed by atoms with van der Waals surface area (Å²) in [5, 5.41) is 0. The normalized spacial score (nSPS) is 38.2. The molecule has 0 bridgehead atoms. The maximum Gasteiger partial charge on any atom is 0.316 e. The zero-order valence-corrected chi connectivity index (χ0v) is 11.0. The molecule has 1 saturated carbocycles. The van der Waals surface area contributed by atoms with E-state index in [0.29, 0.717) is 17.8 Å². The van der Waals surface area contributed by atoms with E-state index < -0.39 is 5.92 Å². The van der Waals surface area contributed by atoms with Gasteiger partial charge in [-0.05, 0) is 37.0 Å². The maximum atomic E-state index is 11.5. The lowest BCUT2D eigenvalue weighted by Crippen LogP contribution is -2.37. The fourth-order valence-corrected chi connectivity index (χ4v) is 3.23. The molecule has 1 heterocycles. The first-order valence-corrected chi connectivity index (χ1v) is 6.54. The molecule has 0 aromatic heterocycles. The third-order valence-corrected chi connectivity index (χ3v) is 4.50. The molecule has 17 heavy (non-hydrogen) atoms. The number of hydrogen-bond acceptors (Lipinski definition) is 3. The molecule has 0 amide bonds. The first-order valence-electron chi connectivity index (χ1n) is 6.54. The van der Waals surface area contributed by atoms with Gasteiger partial charge in [0.1, 0.15) is 17.8 Å². The SMILES string of the molecule is CC(C)(C)C1CCC2(CC1)CC(C=O)C(=O)O2. The molecular weight excluding hydrogens is 216 g/mol. The summed E-state index contributed by atoms with van der Waals surface area (Å²) in [6.07, 6.45) is 5.39. The second-order valence-electron chi connectivity index (χ2n) is 6.69. The molecular formula is C14H22O3. The second kappa shape index (κ2) is 4.11. The van der Waals surface area contributed by atoms with E-state index >= 15 is 0 Å². The molecule has 1 aliphatic heterocycles. The lowest BCUT2D eigenvalue weighted by molar-refractivity contribution is -0.154. The Kier molecular flexibility index (Phi) is 3.04. The highest BCUT2D eigenvalue weighted by Crippen LogP contribution is 2.47. The van der Waals surface area contributed by atoms with Crippen molar-refractivity contribution >= 4 is 12.3 Å². The number of carbonyl (C=O) groups is 2. The van der Waals surface area contributed by atoms with Crippen LogP contribution < -0.4 is 0 Å². The van der Waals surface area contributed by atoms with Gasteiger partial charge in [0.05, 0.1) is 0 Å². The van der Waals surface area contributed by atoms with E-state index in [-0.39, 0.29) is 11.6 Å². The van der Waals surface area contributed by atoms with Gasteiger partial charge in [-0.15, -0.1) is 0 Å². The Morgan fingerprint density at radius 3 is 2.29 bits per heavy atom. The number of ether oxygens (including phenoxy) is 1. The number of esters is 1. The Morgan fingerprint density at radius 2 is 1.88 bits per heavy atom. The number of aldehydes is 1. The molecule has 2 aliphatic rings. The Bertz CT molecular complexity index is 319. The summed E-state index contributed by atoms with van der Waals surface area (Å²) >= 11 is 0. The van der Waals surface area contributed by atoms with Crippen LogP contribution in [0.4, 0.5) is 0 Å². The summed E-state index contributed by atoms with van der Waals surface area (Å²) in [5.41, 5.74) is 0.0126. The standard InChI is InChI=1S/C14H22O3/c1-13(2,3)11-4-6-14(7-5-11)8-10(9-15)12(16)17-14/h9-11H,4-8H2,1-3H3. The van der Waals surface area contributed by atoms with Gasteiger partial charge in [-0.25, -0.2) is 0 Å². The van der Waals surface area contributed by atoms with Crippen LogP contribution in [-0.2, 0) is 14.3 Å². The Morgan fingerprint density at radius 1 is 1.29 bits per heavy atom. The van der Waals surface area contributed by atoms with Crippen LogP contribution in [0.2, 0.25) is 0 Å². The number of hydrogen-bond donors (Lipinski definition) is 0. The van der Waals surface area contributed by atoms with Crippen LogP contribution in [0.1, 0.15) is 52.9 Å². The summed E-state index contributed by atoms with van der Waals surface area (Å²) in [4.78, 5) is 22.3. The Hall–Kier alpha value is -0.860. The first-order chi connectivity index (χ1) is 7.86. The Labute approximate surface area is 103 Å². The molecule has 1 atom stereocenters. The van der Waals surface area contributed by atoms with Crippen molar-refractivity contribution in [2.45, 2.75) is 58.5 Å². The van der Waals surface area contributed by atoms with E-state index in [2.05, 4.69) is 20.8 Å². The van der Waals surface area contributed by atoms with E-state index in [9.17, 15) is 9.59 Å². The molecule has 0 radical (unpaired) electrons. The van der Waals surface area contributed by atoms with Crippen molar-refractivity contribution in [3.8, 4) is 0 Å². The average molecular weight is 238 g/mol. The minimum absolute atomic E-state index is 0.311. The maximum absolute atomic E-state index is 11.5. The molecule has 2 fully saturated rings. The second-order valence-corrected chi connectivity index (χ2v) is 6.69. The van der Waals surface area contributed by atoms with Gasteiger partial charge in [0.15, 0.2) is 0 Å². The van der Waals surface area contributed by atoms with Crippen LogP contribution in [0.5, 0.6) is 0 Å². The van der Waals surface area contributed by atoms with Crippen LogP contribution in [0.3, 0.4) is 0 Å². The van der Waals surface area contributed by atoms with Crippen molar-refractivity contribution in [1.29, 1.82) is 0 Å². The summed E-state index contributed by atoms with van der Waals surface area (Å²) < 4.78 is 5.48. The lowest BCUT2D eigenvalue weighted by atomic mass is 9.67. The number of rotatable bonds is 1. The van der Waals surface area contributed by atoms with E-state index in [0.717, 1.165) is 32.0 Å². The summed E-state index contributed by atoms with van der Waals surface area (Å²) in [6, 6.07) is 0. The topological polar surface area (TPSA) is 43.4 Å². The molecule has 96 valence electrons. The molecule has 3 nitrogen and oxygen atoms in total. The molecule has 1 saturated heterocycles. The van der Waals surface area contributed by atoms with Crippen LogP contribution in [0.25, 0.3) is 0 Å². The highest BCUT2D eigenvalue weighted by molar-refractivity contribution is 5.89. The molecule has 3 heteroatoms. The molecule has 2 rings (SSSR count). The highest BCUT2D eigenvalue weighted by atomic mass is 16.6. The molecule has 0 N–H and O–H groups in total. The van der Waals surface area contributed by atoms with E-state index in [4.69, 9.17) is 4.74 Å². The van der Waals surface area contributed by atoms with Crippen LogP contribution in [-0.4, -0.2) is 17.9 Å².